The molecule has 2 aromatic rings. The first-order valence-electron chi connectivity index (χ1n) is 7.29. The van der Waals surface area contributed by atoms with Crippen LogP contribution in [0, 0.1) is 0 Å². The van der Waals surface area contributed by atoms with Crippen LogP contribution in [-0.2, 0) is 0 Å². The van der Waals surface area contributed by atoms with Gasteiger partial charge < -0.3 is 0 Å². The van der Waals surface area contributed by atoms with Crippen LogP contribution >= 0.6 is 7.87 Å². The second-order valence-electron chi connectivity index (χ2n) is 4.75. The largest absolute Gasteiger partial charge is 0.435 e. The van der Waals surface area contributed by atoms with Crippen LogP contribution in [0.25, 0.3) is 0 Å². The van der Waals surface area contributed by atoms with Crippen molar-refractivity contribution in [3.63, 3.8) is 0 Å². The van der Waals surface area contributed by atoms with Gasteiger partial charge in [0.05, 0.1) is 0 Å². The summed E-state index contributed by atoms with van der Waals surface area (Å²) in [4.78, 5) is 0. The third-order valence-electron chi connectivity index (χ3n) is 3.28. The Bertz CT molecular complexity index is 488. The van der Waals surface area contributed by atoms with Crippen LogP contribution in [0.4, 0.5) is 0 Å². The number of hydrogen-bond acceptors (Lipinski definition) is 3. The maximum atomic E-state index is 6.26. The number of benzene rings is 2. The molecule has 112 valence electrons. The maximum absolute atomic E-state index is 6.26. The van der Waals surface area contributed by atoms with E-state index in [4.69, 9.17) is 9.05 Å². The summed E-state index contributed by atoms with van der Waals surface area (Å²) in [5.74, 6) is 1.69. The smallest absolute Gasteiger partial charge is 0.290 e. The lowest BCUT2D eigenvalue weighted by Crippen LogP contribution is -2.29. The van der Waals surface area contributed by atoms with Gasteiger partial charge in [-0.05, 0) is 38.1 Å². The SMILES string of the molecule is CCN(CC)[P+](C)(Oc1ccccc1)Oc1ccccc1. The van der Waals surface area contributed by atoms with Gasteiger partial charge in [-0.2, -0.15) is 0 Å². The van der Waals surface area contributed by atoms with Crippen molar-refractivity contribution in [2.24, 2.45) is 0 Å². The van der Waals surface area contributed by atoms with E-state index in [1.54, 1.807) is 0 Å². The first kappa shape index (κ1) is 15.8. The molecule has 0 aliphatic heterocycles. The standard InChI is InChI=1S/C17H23NO2P/c1-4-18(5-2)21(3,19-16-12-8-6-9-13-16)20-17-14-10-7-11-15-17/h6-15H,4-5H2,1-3H3/q+1. The van der Waals surface area contributed by atoms with E-state index < -0.39 is 7.87 Å². The summed E-state index contributed by atoms with van der Waals surface area (Å²) < 4.78 is 14.8. The van der Waals surface area contributed by atoms with Gasteiger partial charge in [0.1, 0.15) is 6.66 Å². The summed E-state index contributed by atoms with van der Waals surface area (Å²) in [6.07, 6.45) is 0. The number of para-hydroxylation sites is 2. The molecular formula is C17H23NO2P+. The summed E-state index contributed by atoms with van der Waals surface area (Å²) in [5.41, 5.74) is 0. The quantitative estimate of drug-likeness (QED) is 0.681. The van der Waals surface area contributed by atoms with Gasteiger partial charge in [-0.25, -0.2) is 0 Å². The Labute approximate surface area is 128 Å². The Balaban J connectivity index is 2.25. The molecule has 0 N–H and O–H groups in total. The van der Waals surface area contributed by atoms with Crippen LogP contribution in [0.3, 0.4) is 0 Å². The van der Waals surface area contributed by atoms with E-state index in [1.807, 2.05) is 60.7 Å². The highest BCUT2D eigenvalue weighted by Crippen LogP contribution is 2.59. The lowest BCUT2D eigenvalue weighted by atomic mass is 10.3. The minimum atomic E-state index is -2.19. The molecule has 21 heavy (non-hydrogen) atoms. The average molecular weight is 304 g/mol. The molecule has 3 nitrogen and oxygen atoms in total. The van der Waals surface area contributed by atoms with Gasteiger partial charge in [0.2, 0.25) is 0 Å². The molecule has 0 saturated carbocycles. The molecule has 0 heterocycles. The number of hydrogen-bond donors (Lipinski definition) is 0. The van der Waals surface area contributed by atoms with Crippen molar-refractivity contribution >= 4 is 7.87 Å². The zero-order valence-electron chi connectivity index (χ0n) is 12.9. The predicted octanol–water partition coefficient (Wildman–Crippen LogP) is 4.88. The lowest BCUT2D eigenvalue weighted by molar-refractivity contribution is 0.350. The van der Waals surface area contributed by atoms with Crippen LogP contribution in [0.15, 0.2) is 60.7 Å². The van der Waals surface area contributed by atoms with E-state index in [1.165, 1.54) is 0 Å². The van der Waals surface area contributed by atoms with Crippen molar-refractivity contribution in [2.45, 2.75) is 13.8 Å². The van der Waals surface area contributed by atoms with Crippen molar-refractivity contribution in [3.05, 3.63) is 60.7 Å². The molecule has 0 atom stereocenters. The normalized spacial score (nSPS) is 11.4. The molecule has 0 unspecified atom stereocenters. The Morgan fingerprint density at radius 1 is 0.762 bits per heavy atom. The Morgan fingerprint density at radius 3 is 1.48 bits per heavy atom. The summed E-state index contributed by atoms with van der Waals surface area (Å²) in [7, 11) is -2.19. The van der Waals surface area contributed by atoms with Crippen LogP contribution < -0.4 is 9.05 Å². The van der Waals surface area contributed by atoms with Gasteiger partial charge in [0.25, 0.3) is 0 Å². The lowest BCUT2D eigenvalue weighted by Gasteiger charge is -2.28. The third-order valence-corrected chi connectivity index (χ3v) is 5.97. The summed E-state index contributed by atoms with van der Waals surface area (Å²) in [6, 6.07) is 19.7. The van der Waals surface area contributed by atoms with E-state index in [9.17, 15) is 0 Å². The fraction of sp³-hybridized carbons (Fsp3) is 0.294. The van der Waals surface area contributed by atoms with Gasteiger partial charge in [0.15, 0.2) is 11.5 Å². The van der Waals surface area contributed by atoms with Gasteiger partial charge in [0, 0.05) is 13.1 Å². The Morgan fingerprint density at radius 2 is 1.14 bits per heavy atom. The molecule has 0 bridgehead atoms. The zero-order chi connectivity index (χ0) is 15.1. The highest BCUT2D eigenvalue weighted by Gasteiger charge is 2.45. The second kappa shape index (κ2) is 7.44. The molecule has 0 saturated heterocycles. The molecule has 2 aromatic carbocycles. The van der Waals surface area contributed by atoms with Crippen molar-refractivity contribution in [2.75, 3.05) is 19.8 Å². The van der Waals surface area contributed by atoms with E-state index >= 15 is 0 Å². The minimum Gasteiger partial charge on any atom is -0.290 e. The first-order valence-corrected chi connectivity index (χ1v) is 9.31. The number of rotatable bonds is 7. The monoisotopic (exact) mass is 304 g/mol. The molecule has 0 spiro atoms. The van der Waals surface area contributed by atoms with E-state index in [0.717, 1.165) is 24.6 Å². The van der Waals surface area contributed by atoms with Gasteiger partial charge in [-0.1, -0.05) is 36.4 Å². The van der Waals surface area contributed by atoms with Crippen molar-refractivity contribution in [1.82, 2.24) is 4.67 Å². The summed E-state index contributed by atoms with van der Waals surface area (Å²) in [6.45, 7) is 8.11. The minimum absolute atomic E-state index is 0.844. The molecule has 0 aliphatic carbocycles. The third kappa shape index (κ3) is 4.20. The molecule has 2 rings (SSSR count). The fourth-order valence-electron chi connectivity index (χ4n) is 2.23. The highest BCUT2D eigenvalue weighted by molar-refractivity contribution is 7.64. The van der Waals surface area contributed by atoms with Crippen molar-refractivity contribution in [1.29, 1.82) is 0 Å². The number of nitrogens with zero attached hydrogens (tertiary/aromatic N) is 1. The second-order valence-corrected chi connectivity index (χ2v) is 7.29. The zero-order valence-corrected chi connectivity index (χ0v) is 13.8. The molecule has 0 fully saturated rings. The molecule has 0 aromatic heterocycles. The Hall–Kier alpha value is -1.57. The topological polar surface area (TPSA) is 21.7 Å². The molecular weight excluding hydrogens is 281 g/mol. The van der Waals surface area contributed by atoms with Crippen molar-refractivity contribution in [3.8, 4) is 11.5 Å². The maximum Gasteiger partial charge on any atom is 0.435 e. The Kier molecular flexibility index (Phi) is 5.60. The van der Waals surface area contributed by atoms with E-state index in [2.05, 4.69) is 25.2 Å². The predicted molar refractivity (Wildman–Crippen MR) is 89.9 cm³/mol. The van der Waals surface area contributed by atoms with E-state index in [0.29, 0.717) is 0 Å². The average Bonchev–Trinajstić information content (AvgIpc) is 2.50. The van der Waals surface area contributed by atoms with Crippen molar-refractivity contribution < 1.29 is 9.05 Å². The fourth-order valence-corrected chi connectivity index (χ4v) is 4.55. The van der Waals surface area contributed by atoms with Gasteiger partial charge in [-0.3, -0.25) is 9.05 Å². The highest BCUT2D eigenvalue weighted by atomic mass is 31.2. The first-order chi connectivity index (χ1) is 10.2. The van der Waals surface area contributed by atoms with Crippen LogP contribution in [-0.4, -0.2) is 24.4 Å². The van der Waals surface area contributed by atoms with Crippen LogP contribution in [0.1, 0.15) is 13.8 Å². The summed E-state index contributed by atoms with van der Waals surface area (Å²) >= 11 is 0. The van der Waals surface area contributed by atoms with Gasteiger partial charge >= 0.3 is 7.87 Å². The molecule has 4 heteroatoms. The molecule has 0 radical (unpaired) electrons. The van der Waals surface area contributed by atoms with E-state index in [-0.39, 0.29) is 0 Å². The van der Waals surface area contributed by atoms with Crippen LogP contribution in [0.2, 0.25) is 0 Å². The van der Waals surface area contributed by atoms with Gasteiger partial charge in [-0.15, -0.1) is 4.67 Å². The summed E-state index contributed by atoms with van der Waals surface area (Å²) in [5, 5.41) is 0. The molecule has 0 aliphatic rings. The van der Waals surface area contributed by atoms with Crippen LogP contribution in [0.5, 0.6) is 11.5 Å². The molecule has 0 amide bonds.